The van der Waals surface area contributed by atoms with Gasteiger partial charge in [0.1, 0.15) is 5.82 Å². The summed E-state index contributed by atoms with van der Waals surface area (Å²) in [5.41, 5.74) is 8.74. The van der Waals surface area contributed by atoms with Crippen LogP contribution in [0.5, 0.6) is 0 Å². The highest BCUT2D eigenvalue weighted by Crippen LogP contribution is 2.30. The van der Waals surface area contributed by atoms with Crippen LogP contribution in [-0.2, 0) is 12.7 Å². The van der Waals surface area contributed by atoms with E-state index in [1.807, 2.05) is 35.4 Å². The molecule has 30 heavy (non-hydrogen) atoms. The summed E-state index contributed by atoms with van der Waals surface area (Å²) < 4.78 is 38.3. The predicted octanol–water partition coefficient (Wildman–Crippen LogP) is 3.78. The molecule has 1 fully saturated rings. The summed E-state index contributed by atoms with van der Waals surface area (Å²) in [4.78, 5) is 8.39. The first-order valence-corrected chi connectivity index (χ1v) is 9.72. The minimum absolute atomic E-state index is 0.206. The first kappa shape index (κ1) is 20.2. The van der Waals surface area contributed by atoms with Crippen molar-refractivity contribution in [1.29, 1.82) is 0 Å². The Morgan fingerprint density at radius 3 is 2.53 bits per heavy atom. The molecule has 4 rings (SSSR count). The molecule has 0 radical (unpaired) electrons. The highest BCUT2D eigenvalue weighted by atomic mass is 19.4. The summed E-state index contributed by atoms with van der Waals surface area (Å²) in [6.45, 7) is 4.99. The Labute approximate surface area is 172 Å². The molecule has 6 nitrogen and oxygen atoms in total. The summed E-state index contributed by atoms with van der Waals surface area (Å²) >= 11 is 0. The van der Waals surface area contributed by atoms with Crippen LogP contribution in [0, 0.1) is 0 Å². The zero-order valence-electron chi connectivity index (χ0n) is 16.5. The Bertz CT molecular complexity index is 981. The van der Waals surface area contributed by atoms with Crippen LogP contribution in [0.25, 0.3) is 11.3 Å². The number of pyridine rings is 1. The molecular weight excluding hydrogens is 393 g/mol. The van der Waals surface area contributed by atoms with Crippen LogP contribution in [0.4, 0.5) is 24.7 Å². The Balaban J connectivity index is 1.42. The number of rotatable bonds is 4. The van der Waals surface area contributed by atoms with Crippen LogP contribution in [0.2, 0.25) is 0 Å². The van der Waals surface area contributed by atoms with E-state index in [2.05, 4.69) is 27.0 Å². The van der Waals surface area contributed by atoms with Gasteiger partial charge in [-0.2, -0.15) is 18.3 Å². The monoisotopic (exact) mass is 416 g/mol. The van der Waals surface area contributed by atoms with Crippen LogP contribution in [0.3, 0.4) is 0 Å². The van der Waals surface area contributed by atoms with Crippen molar-refractivity contribution in [3.63, 3.8) is 0 Å². The lowest BCUT2D eigenvalue weighted by Crippen LogP contribution is -2.51. The molecule has 158 valence electrons. The number of nitrogen functional groups attached to an aromatic ring is 1. The number of nitrogens with zero attached hydrogens (tertiary/aromatic N) is 4. The van der Waals surface area contributed by atoms with Crippen molar-refractivity contribution in [2.75, 3.05) is 30.3 Å². The van der Waals surface area contributed by atoms with Gasteiger partial charge in [0.15, 0.2) is 0 Å². The van der Waals surface area contributed by atoms with Gasteiger partial charge in [0, 0.05) is 61.4 Å². The summed E-state index contributed by atoms with van der Waals surface area (Å²) in [7, 11) is 0. The fourth-order valence-electron chi connectivity index (χ4n) is 3.72. The normalized spacial score (nSPS) is 18.0. The van der Waals surface area contributed by atoms with Crippen LogP contribution < -0.4 is 10.6 Å². The number of hydrogen-bond acceptors (Lipinski definition) is 5. The first-order valence-electron chi connectivity index (χ1n) is 9.72. The van der Waals surface area contributed by atoms with Crippen LogP contribution >= 0.6 is 0 Å². The molecule has 0 amide bonds. The van der Waals surface area contributed by atoms with Gasteiger partial charge in [-0.25, -0.2) is 4.98 Å². The molecule has 1 aliphatic heterocycles. The van der Waals surface area contributed by atoms with E-state index in [4.69, 9.17) is 5.73 Å². The molecule has 0 saturated carbocycles. The van der Waals surface area contributed by atoms with E-state index in [1.165, 1.54) is 6.07 Å². The second-order valence-electron chi connectivity index (χ2n) is 7.55. The van der Waals surface area contributed by atoms with Gasteiger partial charge in [0.2, 0.25) is 0 Å². The van der Waals surface area contributed by atoms with Crippen LogP contribution in [0.15, 0.2) is 48.8 Å². The number of nitrogens with two attached hydrogens (primary N) is 1. The third kappa shape index (κ3) is 4.25. The molecule has 1 aliphatic rings. The number of aromatic nitrogens is 3. The van der Waals surface area contributed by atoms with Crippen molar-refractivity contribution in [2.45, 2.75) is 25.7 Å². The number of H-pyrrole nitrogens is 1. The SMILES string of the molecule is C[C@H]1CN(c2ccc(C(F)(F)F)cn2)CCN1Cc1c[nH]nc1-c1ccc(N)cc1. The largest absolute Gasteiger partial charge is 0.417 e. The Hall–Kier alpha value is -3.07. The van der Waals surface area contributed by atoms with E-state index >= 15 is 0 Å². The van der Waals surface area contributed by atoms with Gasteiger partial charge in [-0.1, -0.05) is 12.1 Å². The van der Waals surface area contributed by atoms with Gasteiger partial charge < -0.3 is 10.6 Å². The van der Waals surface area contributed by atoms with E-state index in [-0.39, 0.29) is 6.04 Å². The number of nitrogens with one attached hydrogen (secondary N) is 1. The second kappa shape index (κ2) is 7.98. The molecule has 3 aromatic rings. The maximum Gasteiger partial charge on any atom is 0.417 e. The van der Waals surface area contributed by atoms with Gasteiger partial charge >= 0.3 is 6.18 Å². The molecule has 1 saturated heterocycles. The van der Waals surface area contributed by atoms with Crippen molar-refractivity contribution in [1.82, 2.24) is 20.1 Å². The molecule has 2 aromatic heterocycles. The lowest BCUT2D eigenvalue weighted by Gasteiger charge is -2.40. The fraction of sp³-hybridized carbons (Fsp3) is 0.333. The molecule has 1 atom stereocenters. The zero-order chi connectivity index (χ0) is 21.3. The number of alkyl halides is 3. The van der Waals surface area contributed by atoms with E-state index in [9.17, 15) is 13.2 Å². The number of benzene rings is 1. The van der Waals surface area contributed by atoms with Crippen molar-refractivity contribution in [3.05, 3.63) is 59.9 Å². The lowest BCUT2D eigenvalue weighted by atomic mass is 10.1. The van der Waals surface area contributed by atoms with Crippen LogP contribution in [0.1, 0.15) is 18.1 Å². The number of hydrogen-bond donors (Lipinski definition) is 2. The number of halogens is 3. The number of piperazine rings is 1. The average molecular weight is 416 g/mol. The van der Waals surface area contributed by atoms with E-state index in [0.717, 1.165) is 42.2 Å². The fourth-order valence-corrected chi connectivity index (χ4v) is 3.72. The van der Waals surface area contributed by atoms with Gasteiger partial charge in [-0.15, -0.1) is 0 Å². The van der Waals surface area contributed by atoms with E-state index < -0.39 is 11.7 Å². The zero-order valence-corrected chi connectivity index (χ0v) is 16.5. The van der Waals surface area contributed by atoms with Crippen molar-refractivity contribution in [2.24, 2.45) is 0 Å². The lowest BCUT2D eigenvalue weighted by molar-refractivity contribution is -0.137. The third-order valence-corrected chi connectivity index (χ3v) is 5.44. The average Bonchev–Trinajstić information content (AvgIpc) is 3.18. The molecule has 0 bridgehead atoms. The Morgan fingerprint density at radius 2 is 1.90 bits per heavy atom. The van der Waals surface area contributed by atoms with Gasteiger partial charge in [0.05, 0.1) is 11.3 Å². The quantitative estimate of drug-likeness (QED) is 0.633. The van der Waals surface area contributed by atoms with Crippen molar-refractivity contribution in [3.8, 4) is 11.3 Å². The molecule has 0 aliphatic carbocycles. The van der Waals surface area contributed by atoms with E-state index in [0.29, 0.717) is 24.6 Å². The van der Waals surface area contributed by atoms with E-state index in [1.54, 1.807) is 0 Å². The Morgan fingerprint density at radius 1 is 1.13 bits per heavy atom. The maximum atomic E-state index is 12.8. The smallest absolute Gasteiger partial charge is 0.399 e. The summed E-state index contributed by atoms with van der Waals surface area (Å²) in [6.07, 6.45) is -1.57. The standard InChI is InChI=1S/C21H23F3N6/c1-14-12-30(19-7-4-17(11-26-19)21(22,23)24)9-8-29(14)13-16-10-27-28-20(16)15-2-5-18(25)6-3-15/h2-7,10-11,14H,8-9,12-13,25H2,1H3,(H,27,28)/t14-/m0/s1. The van der Waals surface area contributed by atoms with Crippen molar-refractivity contribution >= 4 is 11.5 Å². The predicted molar refractivity (Wildman–Crippen MR) is 110 cm³/mol. The first-order chi connectivity index (χ1) is 14.3. The van der Waals surface area contributed by atoms with Gasteiger partial charge in [-0.3, -0.25) is 10.00 Å². The number of anilines is 2. The minimum Gasteiger partial charge on any atom is -0.399 e. The minimum atomic E-state index is -4.37. The maximum absolute atomic E-state index is 12.8. The molecular formula is C21H23F3N6. The third-order valence-electron chi connectivity index (χ3n) is 5.44. The summed E-state index contributed by atoms with van der Waals surface area (Å²) in [5.74, 6) is 0.570. The highest BCUT2D eigenvalue weighted by molar-refractivity contribution is 5.64. The molecule has 3 N–H and O–H groups in total. The number of aromatic amines is 1. The molecule has 3 heterocycles. The topological polar surface area (TPSA) is 74.1 Å². The molecule has 9 heteroatoms. The van der Waals surface area contributed by atoms with Gasteiger partial charge in [0.25, 0.3) is 0 Å². The Kier molecular flexibility index (Phi) is 5.38. The van der Waals surface area contributed by atoms with Crippen molar-refractivity contribution < 1.29 is 13.2 Å². The highest BCUT2D eigenvalue weighted by Gasteiger charge is 2.31. The van der Waals surface area contributed by atoms with Gasteiger partial charge in [-0.05, 0) is 31.2 Å². The summed E-state index contributed by atoms with van der Waals surface area (Å²) in [5, 5.41) is 7.34. The molecule has 1 aromatic carbocycles. The summed E-state index contributed by atoms with van der Waals surface area (Å²) in [6, 6.07) is 10.3. The molecule has 0 spiro atoms. The van der Waals surface area contributed by atoms with Crippen LogP contribution in [-0.4, -0.2) is 45.8 Å². The molecule has 0 unspecified atom stereocenters. The second-order valence-corrected chi connectivity index (χ2v) is 7.55.